The minimum absolute atomic E-state index is 0.0378. The average Bonchev–Trinajstić information content (AvgIpc) is 2.52. The highest BCUT2D eigenvalue weighted by atomic mass is 32.2. The van der Waals surface area contributed by atoms with Gasteiger partial charge in [-0.3, -0.25) is 4.79 Å². The highest BCUT2D eigenvalue weighted by molar-refractivity contribution is 7.99. The van der Waals surface area contributed by atoms with E-state index < -0.39 is 0 Å². The molecule has 0 aliphatic heterocycles. The highest BCUT2D eigenvalue weighted by Crippen LogP contribution is 2.27. The smallest absolute Gasteiger partial charge is 0.257 e. The number of benzene rings is 1. The van der Waals surface area contributed by atoms with Gasteiger partial charge in [-0.1, -0.05) is 37.0 Å². The molecule has 0 atom stereocenters. The molecule has 22 heavy (non-hydrogen) atoms. The molecule has 1 fully saturated rings. The van der Waals surface area contributed by atoms with Crippen molar-refractivity contribution >= 4 is 17.7 Å². The van der Waals surface area contributed by atoms with Crippen LogP contribution in [0.15, 0.2) is 18.2 Å². The van der Waals surface area contributed by atoms with Gasteiger partial charge in [0, 0.05) is 17.5 Å². The van der Waals surface area contributed by atoms with Gasteiger partial charge in [0.05, 0.1) is 0 Å². The van der Waals surface area contributed by atoms with Crippen molar-refractivity contribution in [1.82, 2.24) is 5.32 Å². The first-order valence-electron chi connectivity index (χ1n) is 8.23. The number of aryl methyl sites for hydroxylation is 2. The predicted octanol–water partition coefficient (Wildman–Crippen LogP) is 3.86. The molecule has 0 unspecified atom stereocenters. The predicted molar refractivity (Wildman–Crippen MR) is 93.8 cm³/mol. The first-order valence-corrected chi connectivity index (χ1v) is 9.28. The Morgan fingerprint density at radius 3 is 2.77 bits per heavy atom. The van der Waals surface area contributed by atoms with E-state index in [2.05, 4.69) is 11.4 Å². The molecule has 1 amide bonds. The lowest BCUT2D eigenvalue weighted by Gasteiger charge is -2.20. The van der Waals surface area contributed by atoms with Gasteiger partial charge in [-0.2, -0.15) is 11.8 Å². The Hall–Kier alpha value is -1.16. The second kappa shape index (κ2) is 9.09. The number of hydrogen-bond acceptors (Lipinski definition) is 3. The van der Waals surface area contributed by atoms with Crippen LogP contribution in [0.3, 0.4) is 0 Å². The summed E-state index contributed by atoms with van der Waals surface area (Å²) >= 11 is 2.00. The molecule has 0 bridgehead atoms. The standard InChI is InChI=1S/C18H27NO2S/c1-14-8-9-17(15(2)12-14)21-13-18(20)19-10-11-22-16-6-4-3-5-7-16/h8-9,12,16H,3-7,10-11,13H2,1-2H3,(H,19,20). The van der Waals surface area contributed by atoms with Gasteiger partial charge in [-0.15, -0.1) is 0 Å². The van der Waals surface area contributed by atoms with Gasteiger partial charge in [0.15, 0.2) is 6.61 Å². The van der Waals surface area contributed by atoms with Crippen molar-refractivity contribution in [2.45, 2.75) is 51.2 Å². The molecule has 0 spiro atoms. The molecule has 1 aromatic carbocycles. The van der Waals surface area contributed by atoms with Gasteiger partial charge in [0.1, 0.15) is 5.75 Å². The van der Waals surface area contributed by atoms with Crippen molar-refractivity contribution in [3.8, 4) is 5.75 Å². The highest BCUT2D eigenvalue weighted by Gasteiger charge is 2.13. The van der Waals surface area contributed by atoms with Crippen LogP contribution < -0.4 is 10.1 Å². The summed E-state index contributed by atoms with van der Waals surface area (Å²) in [5.41, 5.74) is 2.27. The van der Waals surface area contributed by atoms with Crippen molar-refractivity contribution in [2.24, 2.45) is 0 Å². The van der Waals surface area contributed by atoms with Crippen molar-refractivity contribution < 1.29 is 9.53 Å². The molecule has 0 saturated heterocycles. The average molecular weight is 321 g/mol. The van der Waals surface area contributed by atoms with Gasteiger partial charge in [0.25, 0.3) is 5.91 Å². The molecule has 0 aromatic heterocycles. The zero-order valence-electron chi connectivity index (χ0n) is 13.7. The van der Waals surface area contributed by atoms with Crippen LogP contribution >= 0.6 is 11.8 Å². The van der Waals surface area contributed by atoms with Gasteiger partial charge < -0.3 is 10.1 Å². The van der Waals surface area contributed by atoms with Crippen LogP contribution in [-0.2, 0) is 4.79 Å². The summed E-state index contributed by atoms with van der Waals surface area (Å²) in [6, 6.07) is 5.99. The van der Waals surface area contributed by atoms with E-state index >= 15 is 0 Å². The molecule has 0 heterocycles. The molecular formula is C18H27NO2S. The molecule has 3 nitrogen and oxygen atoms in total. The first kappa shape index (κ1) is 17.2. The van der Waals surface area contributed by atoms with E-state index in [4.69, 9.17) is 4.74 Å². The first-order chi connectivity index (χ1) is 10.6. The molecule has 1 aromatic rings. The van der Waals surface area contributed by atoms with Gasteiger partial charge in [-0.05, 0) is 38.3 Å². The number of hydrogen-bond donors (Lipinski definition) is 1. The second-order valence-electron chi connectivity index (χ2n) is 6.04. The molecule has 122 valence electrons. The van der Waals surface area contributed by atoms with E-state index in [9.17, 15) is 4.79 Å². The fourth-order valence-corrected chi connectivity index (χ4v) is 4.02. The summed E-state index contributed by atoms with van der Waals surface area (Å²) in [5.74, 6) is 1.75. The van der Waals surface area contributed by atoms with Gasteiger partial charge in [0.2, 0.25) is 0 Å². The van der Waals surface area contributed by atoms with Crippen LogP contribution in [-0.4, -0.2) is 30.1 Å². The SMILES string of the molecule is Cc1ccc(OCC(=O)NCCSC2CCCCC2)c(C)c1. The quantitative estimate of drug-likeness (QED) is 0.775. The zero-order valence-corrected chi connectivity index (χ0v) is 14.5. The van der Waals surface area contributed by atoms with Crippen LogP contribution in [0.25, 0.3) is 0 Å². The van der Waals surface area contributed by atoms with E-state index in [-0.39, 0.29) is 12.5 Å². The lowest BCUT2D eigenvalue weighted by Crippen LogP contribution is -2.31. The van der Waals surface area contributed by atoms with Crippen molar-refractivity contribution in [1.29, 1.82) is 0 Å². The number of nitrogens with one attached hydrogen (secondary N) is 1. The number of thioether (sulfide) groups is 1. The topological polar surface area (TPSA) is 38.3 Å². The van der Waals surface area contributed by atoms with E-state index in [0.29, 0.717) is 0 Å². The Bertz CT molecular complexity index is 484. The Balaban J connectivity index is 1.59. The molecule has 1 aliphatic carbocycles. The maximum Gasteiger partial charge on any atom is 0.257 e. The Kier molecular flexibility index (Phi) is 7.10. The van der Waals surface area contributed by atoms with Crippen molar-refractivity contribution in [3.63, 3.8) is 0 Å². The lowest BCUT2D eigenvalue weighted by molar-refractivity contribution is -0.122. The Labute approximate surface area is 138 Å². The maximum absolute atomic E-state index is 11.8. The largest absolute Gasteiger partial charge is 0.484 e. The molecule has 1 aliphatic rings. The molecule has 2 rings (SSSR count). The lowest BCUT2D eigenvalue weighted by atomic mass is 10.0. The maximum atomic E-state index is 11.8. The van der Waals surface area contributed by atoms with Crippen molar-refractivity contribution in [3.05, 3.63) is 29.3 Å². The Morgan fingerprint density at radius 1 is 1.27 bits per heavy atom. The summed E-state index contributed by atoms with van der Waals surface area (Å²) in [5, 5.41) is 3.74. The number of amides is 1. The minimum Gasteiger partial charge on any atom is -0.484 e. The summed E-state index contributed by atoms with van der Waals surface area (Å²) in [7, 11) is 0. The van der Waals surface area contributed by atoms with Gasteiger partial charge >= 0.3 is 0 Å². The molecule has 1 saturated carbocycles. The fourth-order valence-electron chi connectivity index (χ4n) is 2.80. The van der Waals surface area contributed by atoms with Crippen LogP contribution in [0.5, 0.6) is 5.75 Å². The normalized spacial score (nSPS) is 15.5. The van der Waals surface area contributed by atoms with E-state index in [0.717, 1.165) is 28.9 Å². The van der Waals surface area contributed by atoms with E-state index in [1.54, 1.807) is 0 Å². The third-order valence-corrected chi connectivity index (χ3v) is 5.40. The monoisotopic (exact) mass is 321 g/mol. The molecule has 4 heteroatoms. The summed E-state index contributed by atoms with van der Waals surface area (Å²) in [6.45, 7) is 4.88. The van der Waals surface area contributed by atoms with E-state index in [1.807, 2.05) is 37.7 Å². The van der Waals surface area contributed by atoms with Crippen LogP contribution in [0.1, 0.15) is 43.2 Å². The zero-order chi connectivity index (χ0) is 15.8. The number of rotatable bonds is 7. The fraction of sp³-hybridized carbons (Fsp3) is 0.611. The number of carbonyl (C=O) groups is 1. The van der Waals surface area contributed by atoms with Crippen LogP contribution in [0.4, 0.5) is 0 Å². The van der Waals surface area contributed by atoms with Crippen molar-refractivity contribution in [2.75, 3.05) is 18.9 Å². The number of carbonyl (C=O) groups excluding carboxylic acids is 1. The number of ether oxygens (including phenoxy) is 1. The minimum atomic E-state index is -0.0378. The summed E-state index contributed by atoms with van der Waals surface area (Å²) < 4.78 is 5.58. The van der Waals surface area contributed by atoms with Crippen LogP contribution in [0, 0.1) is 13.8 Å². The molecule has 1 N–H and O–H groups in total. The third kappa shape index (κ3) is 5.91. The summed E-state index contributed by atoms with van der Waals surface area (Å²) in [4.78, 5) is 11.8. The van der Waals surface area contributed by atoms with Gasteiger partial charge in [-0.25, -0.2) is 0 Å². The van der Waals surface area contributed by atoms with E-state index in [1.165, 1.54) is 37.7 Å². The second-order valence-corrected chi connectivity index (χ2v) is 7.45. The van der Waals surface area contributed by atoms with Crippen LogP contribution in [0.2, 0.25) is 0 Å². The summed E-state index contributed by atoms with van der Waals surface area (Å²) in [6.07, 6.45) is 6.81. The molecule has 0 radical (unpaired) electrons. The Morgan fingerprint density at radius 2 is 2.05 bits per heavy atom. The third-order valence-electron chi connectivity index (χ3n) is 4.02. The molecular weight excluding hydrogens is 294 g/mol.